The van der Waals surface area contributed by atoms with Crippen LogP contribution in [0.1, 0.15) is 70.7 Å². The van der Waals surface area contributed by atoms with E-state index in [0.717, 1.165) is 5.56 Å². The van der Waals surface area contributed by atoms with Crippen LogP contribution in [0.2, 0.25) is 5.02 Å². The summed E-state index contributed by atoms with van der Waals surface area (Å²) in [6.07, 6.45) is 5.12. The molecule has 0 saturated carbocycles. The average molecular weight is 556 g/mol. The molecule has 0 aromatic heterocycles. The van der Waals surface area contributed by atoms with Crippen LogP contribution < -0.4 is 10.6 Å². The summed E-state index contributed by atoms with van der Waals surface area (Å²) in [7, 11) is 0. The van der Waals surface area contributed by atoms with Crippen molar-refractivity contribution in [3.8, 4) is 12.3 Å². The molecule has 0 saturated heterocycles. The van der Waals surface area contributed by atoms with Crippen LogP contribution in [0.5, 0.6) is 0 Å². The number of aryl methyl sites for hydroxylation is 1. The number of nitrogens with zero attached hydrogens (tertiary/aromatic N) is 1. The van der Waals surface area contributed by atoms with Crippen molar-refractivity contribution < 1.29 is 24.2 Å². The number of carbonyl (C=O) groups is 3. The number of aliphatic hydroxyl groups excluding tert-OH is 1. The Balaban J connectivity index is 2.64. The molecule has 0 radical (unpaired) electrons. The molecule has 0 aliphatic heterocycles. The van der Waals surface area contributed by atoms with Gasteiger partial charge in [-0.3, -0.25) is 9.59 Å². The lowest BCUT2D eigenvalue weighted by Gasteiger charge is -2.44. The van der Waals surface area contributed by atoms with Gasteiger partial charge in [0.2, 0.25) is 5.91 Å². The van der Waals surface area contributed by atoms with Crippen LogP contribution in [-0.2, 0) is 14.3 Å². The molecule has 210 valence electrons. The fourth-order valence-corrected chi connectivity index (χ4v) is 4.18. The van der Waals surface area contributed by atoms with Crippen molar-refractivity contribution in [1.29, 1.82) is 0 Å². The molecule has 9 heteroatoms. The maximum absolute atomic E-state index is 14.1. The normalized spacial score (nSPS) is 13.0. The molecule has 2 aromatic carbocycles. The fourth-order valence-electron chi connectivity index (χ4n) is 3.91. The number of nitrogens with one attached hydrogen (secondary N) is 2. The van der Waals surface area contributed by atoms with Crippen LogP contribution in [0.4, 0.5) is 10.5 Å². The lowest BCUT2D eigenvalue weighted by molar-refractivity contribution is -0.148. The molecular formula is C30H38ClN3O5. The van der Waals surface area contributed by atoms with Crippen molar-refractivity contribution in [2.45, 2.75) is 78.1 Å². The second-order valence-corrected chi connectivity index (χ2v) is 11.3. The lowest BCUT2D eigenvalue weighted by atomic mass is 9.91. The first-order valence-corrected chi connectivity index (χ1v) is 13.1. The van der Waals surface area contributed by atoms with Crippen LogP contribution in [0.15, 0.2) is 42.5 Å². The highest BCUT2D eigenvalue weighted by Crippen LogP contribution is 2.34. The van der Waals surface area contributed by atoms with Gasteiger partial charge in [-0.25, -0.2) is 4.79 Å². The van der Waals surface area contributed by atoms with E-state index >= 15 is 0 Å². The molecule has 2 rings (SSSR count). The zero-order valence-electron chi connectivity index (χ0n) is 23.6. The Hall–Kier alpha value is -3.54. The van der Waals surface area contributed by atoms with E-state index in [1.54, 1.807) is 57.2 Å². The molecule has 3 amide bonds. The van der Waals surface area contributed by atoms with Gasteiger partial charge in [0.1, 0.15) is 17.7 Å². The Morgan fingerprint density at radius 3 is 2.21 bits per heavy atom. The van der Waals surface area contributed by atoms with Gasteiger partial charge in [0.15, 0.2) is 0 Å². The van der Waals surface area contributed by atoms with Gasteiger partial charge in [-0.2, -0.15) is 0 Å². The fraction of sp³-hybridized carbons (Fsp3) is 0.433. The molecule has 8 nitrogen and oxygen atoms in total. The van der Waals surface area contributed by atoms with Gasteiger partial charge in [0.05, 0.1) is 17.3 Å². The third kappa shape index (κ3) is 8.22. The van der Waals surface area contributed by atoms with Crippen LogP contribution in [-0.4, -0.2) is 51.7 Å². The zero-order chi connectivity index (χ0) is 29.5. The number of anilines is 1. The molecule has 3 N–H and O–H groups in total. The van der Waals surface area contributed by atoms with Crippen LogP contribution in [0.3, 0.4) is 0 Å². The molecule has 2 aromatic rings. The van der Waals surface area contributed by atoms with Gasteiger partial charge >= 0.3 is 6.09 Å². The molecule has 0 aliphatic rings. The monoisotopic (exact) mass is 555 g/mol. The maximum Gasteiger partial charge on any atom is 0.408 e. The molecule has 0 spiro atoms. The molecule has 2 atom stereocenters. The Labute approximate surface area is 236 Å². The molecule has 0 fully saturated rings. The number of benzene rings is 2. The van der Waals surface area contributed by atoms with E-state index in [9.17, 15) is 19.5 Å². The minimum atomic E-state index is -1.37. The number of alkyl carbamates (subject to hydrolysis) is 1. The molecule has 2 unspecified atom stereocenters. The van der Waals surface area contributed by atoms with Crippen LogP contribution in [0, 0.1) is 19.3 Å². The number of halogens is 1. The smallest absolute Gasteiger partial charge is 0.408 e. The highest BCUT2D eigenvalue weighted by molar-refractivity contribution is 6.34. The summed E-state index contributed by atoms with van der Waals surface area (Å²) in [5, 5.41) is 15.8. The van der Waals surface area contributed by atoms with Crippen molar-refractivity contribution in [2.75, 3.05) is 11.9 Å². The van der Waals surface area contributed by atoms with Crippen molar-refractivity contribution >= 4 is 35.2 Å². The number of hydrogen-bond donors (Lipinski definition) is 3. The van der Waals surface area contributed by atoms with Crippen LogP contribution in [0.25, 0.3) is 0 Å². The second kappa shape index (κ2) is 13.0. The average Bonchev–Trinajstić information content (AvgIpc) is 2.86. The molecule has 0 aliphatic carbocycles. The Morgan fingerprint density at radius 1 is 1.10 bits per heavy atom. The predicted molar refractivity (Wildman–Crippen MR) is 153 cm³/mol. The van der Waals surface area contributed by atoms with E-state index in [4.69, 9.17) is 22.8 Å². The summed E-state index contributed by atoms with van der Waals surface area (Å²) in [5.74, 6) is 1.36. The molecule has 0 heterocycles. The quantitative estimate of drug-likeness (QED) is 0.368. The topological polar surface area (TPSA) is 108 Å². The van der Waals surface area contributed by atoms with Gasteiger partial charge in [0.25, 0.3) is 5.91 Å². The first-order chi connectivity index (χ1) is 18.1. The van der Waals surface area contributed by atoms with E-state index in [-0.39, 0.29) is 0 Å². The first kappa shape index (κ1) is 31.7. The number of carbonyl (C=O) groups excluding carboxylic acids is 3. The Kier molecular flexibility index (Phi) is 10.6. The number of amides is 3. The standard InChI is InChI=1S/C30H38ClN3O5/c1-9-20-14-16-21(17-15-20)25(26(36)33-24-19(3)12-11-13-22(24)31)34(30(7,8)10-2)27(37)23(18-35)32-28(38)39-29(4,5)6/h1,11-17,23,25,35H,10,18H2,2-8H3,(H,32,38)(H,33,36). The van der Waals surface area contributed by atoms with Gasteiger partial charge in [-0.05, 0) is 77.3 Å². The van der Waals surface area contributed by atoms with E-state index in [1.165, 1.54) is 4.90 Å². The Morgan fingerprint density at radius 2 is 1.72 bits per heavy atom. The number of terminal acetylenes is 1. The van der Waals surface area contributed by atoms with Crippen molar-refractivity contribution in [3.05, 3.63) is 64.2 Å². The van der Waals surface area contributed by atoms with Crippen molar-refractivity contribution in [3.63, 3.8) is 0 Å². The van der Waals surface area contributed by atoms with E-state index in [0.29, 0.717) is 28.3 Å². The third-order valence-corrected chi connectivity index (χ3v) is 6.61. The maximum atomic E-state index is 14.1. The summed E-state index contributed by atoms with van der Waals surface area (Å²) in [6.45, 7) is 11.7. The van der Waals surface area contributed by atoms with Gasteiger partial charge in [-0.15, -0.1) is 6.42 Å². The summed E-state index contributed by atoms with van der Waals surface area (Å²) in [5.41, 5.74) is 0.546. The summed E-state index contributed by atoms with van der Waals surface area (Å²) in [6, 6.07) is 9.43. The number of hydrogen-bond acceptors (Lipinski definition) is 5. The van der Waals surface area contributed by atoms with E-state index < -0.39 is 47.7 Å². The number of aliphatic hydroxyl groups is 1. The highest BCUT2D eigenvalue weighted by atomic mass is 35.5. The third-order valence-electron chi connectivity index (χ3n) is 6.30. The van der Waals surface area contributed by atoms with Crippen LogP contribution >= 0.6 is 11.6 Å². The van der Waals surface area contributed by atoms with Gasteiger partial charge < -0.3 is 25.4 Å². The van der Waals surface area contributed by atoms with Gasteiger partial charge in [0, 0.05) is 11.1 Å². The molecule has 39 heavy (non-hydrogen) atoms. The SMILES string of the molecule is C#Cc1ccc(C(C(=O)Nc2c(C)cccc2Cl)N(C(=O)C(CO)NC(=O)OC(C)(C)C)C(C)(C)CC)cc1. The number of rotatable bonds is 9. The van der Waals surface area contributed by atoms with Crippen molar-refractivity contribution in [2.24, 2.45) is 0 Å². The summed E-state index contributed by atoms with van der Waals surface area (Å²) < 4.78 is 5.29. The van der Waals surface area contributed by atoms with Gasteiger partial charge in [-0.1, -0.05) is 48.7 Å². The summed E-state index contributed by atoms with van der Waals surface area (Å²) >= 11 is 6.39. The summed E-state index contributed by atoms with van der Waals surface area (Å²) in [4.78, 5) is 42.0. The largest absolute Gasteiger partial charge is 0.444 e. The van der Waals surface area contributed by atoms with Crippen molar-refractivity contribution in [1.82, 2.24) is 10.2 Å². The Bertz CT molecular complexity index is 1210. The minimum absolute atomic E-state index is 0.345. The predicted octanol–water partition coefficient (Wildman–Crippen LogP) is 5.21. The van der Waals surface area contributed by atoms with E-state index in [2.05, 4.69) is 16.6 Å². The first-order valence-electron chi connectivity index (χ1n) is 12.7. The van der Waals surface area contributed by atoms with E-state index in [1.807, 2.05) is 33.8 Å². The number of para-hydroxylation sites is 1. The number of ether oxygens (including phenoxy) is 1. The highest BCUT2D eigenvalue weighted by Gasteiger charge is 2.43. The molecule has 0 bridgehead atoms. The lowest BCUT2D eigenvalue weighted by Crippen LogP contribution is -2.59. The molecular weight excluding hydrogens is 518 g/mol. The zero-order valence-corrected chi connectivity index (χ0v) is 24.3. The minimum Gasteiger partial charge on any atom is -0.444 e. The second-order valence-electron chi connectivity index (χ2n) is 10.8.